The highest BCUT2D eigenvalue weighted by atomic mass is 16.1. The molecular weight excluding hydrogens is 320 g/mol. The zero-order valence-corrected chi connectivity index (χ0v) is 15.5. The molecule has 1 aromatic carbocycles. The van der Waals surface area contributed by atoms with Gasteiger partial charge in [0.1, 0.15) is 5.78 Å². The van der Waals surface area contributed by atoms with Crippen LogP contribution in [0.3, 0.4) is 0 Å². The Labute approximate surface area is 155 Å². The van der Waals surface area contributed by atoms with Gasteiger partial charge in [-0.05, 0) is 65.4 Å². The molecule has 2 nitrogen and oxygen atoms in total. The van der Waals surface area contributed by atoms with E-state index < -0.39 is 0 Å². The molecule has 2 unspecified atom stereocenters. The SMILES string of the molecule is C[C@@]12CCCC1C1C(=O)CC3=CC(=O)CCC3=C1[C@@H](c1ccccc1)C2. The van der Waals surface area contributed by atoms with Crippen LogP contribution in [0, 0.1) is 17.3 Å². The molecule has 2 heteroatoms. The van der Waals surface area contributed by atoms with Crippen molar-refractivity contribution in [2.24, 2.45) is 17.3 Å². The number of carbonyl (C=O) groups excluding carboxylic acids is 2. The van der Waals surface area contributed by atoms with E-state index in [2.05, 4.69) is 37.3 Å². The van der Waals surface area contributed by atoms with Gasteiger partial charge in [0.2, 0.25) is 0 Å². The van der Waals surface area contributed by atoms with Crippen molar-refractivity contribution in [1.29, 1.82) is 0 Å². The van der Waals surface area contributed by atoms with E-state index in [0.717, 1.165) is 18.4 Å². The van der Waals surface area contributed by atoms with Crippen LogP contribution in [0.25, 0.3) is 0 Å². The zero-order valence-electron chi connectivity index (χ0n) is 15.5. The lowest BCUT2D eigenvalue weighted by Gasteiger charge is -2.50. The Kier molecular flexibility index (Phi) is 3.60. The molecule has 2 fully saturated rings. The lowest BCUT2D eigenvalue weighted by molar-refractivity contribution is -0.125. The fraction of sp³-hybridized carbons (Fsp3) is 0.500. The topological polar surface area (TPSA) is 34.1 Å². The third-order valence-electron chi connectivity index (χ3n) is 7.55. The van der Waals surface area contributed by atoms with E-state index in [0.29, 0.717) is 30.5 Å². The molecular formula is C24H26O2. The average Bonchev–Trinajstić information content (AvgIpc) is 3.02. The second-order valence-corrected chi connectivity index (χ2v) is 9.01. The summed E-state index contributed by atoms with van der Waals surface area (Å²) in [5, 5.41) is 0. The summed E-state index contributed by atoms with van der Waals surface area (Å²) in [5.74, 6) is 1.46. The Hall–Kier alpha value is -1.96. The molecule has 1 aromatic rings. The first-order valence-corrected chi connectivity index (χ1v) is 10.1. The predicted octanol–water partition coefficient (Wildman–Crippen LogP) is 5.16. The minimum absolute atomic E-state index is 0.0850. The molecule has 4 atom stereocenters. The number of carbonyl (C=O) groups is 2. The molecule has 5 rings (SSSR count). The summed E-state index contributed by atoms with van der Waals surface area (Å²) >= 11 is 0. The highest BCUT2D eigenvalue weighted by Crippen LogP contribution is 2.62. The molecule has 0 spiro atoms. The van der Waals surface area contributed by atoms with Crippen LogP contribution >= 0.6 is 0 Å². The third-order valence-corrected chi connectivity index (χ3v) is 7.55. The van der Waals surface area contributed by atoms with E-state index in [-0.39, 0.29) is 17.1 Å². The maximum absolute atomic E-state index is 13.3. The molecule has 4 aliphatic carbocycles. The van der Waals surface area contributed by atoms with Gasteiger partial charge in [0, 0.05) is 24.7 Å². The second-order valence-electron chi connectivity index (χ2n) is 9.01. The van der Waals surface area contributed by atoms with Crippen LogP contribution in [0.1, 0.15) is 63.4 Å². The number of Topliss-reactive ketones (excluding diaryl/α,β-unsaturated/α-hetero) is 1. The Balaban J connectivity index is 1.73. The minimum atomic E-state index is 0.0850. The first-order valence-electron chi connectivity index (χ1n) is 10.1. The first kappa shape index (κ1) is 16.2. The van der Waals surface area contributed by atoms with E-state index >= 15 is 0 Å². The molecule has 0 bridgehead atoms. The van der Waals surface area contributed by atoms with Crippen molar-refractivity contribution in [3.8, 4) is 0 Å². The minimum Gasteiger partial charge on any atom is -0.299 e. The van der Waals surface area contributed by atoms with Crippen LogP contribution in [-0.2, 0) is 9.59 Å². The number of rotatable bonds is 1. The van der Waals surface area contributed by atoms with Crippen LogP contribution in [0.2, 0.25) is 0 Å². The number of allylic oxidation sites excluding steroid dienone is 4. The van der Waals surface area contributed by atoms with Crippen LogP contribution in [0.4, 0.5) is 0 Å². The average molecular weight is 346 g/mol. The largest absolute Gasteiger partial charge is 0.299 e. The smallest absolute Gasteiger partial charge is 0.156 e. The highest BCUT2D eigenvalue weighted by molar-refractivity contribution is 5.98. The molecule has 0 radical (unpaired) electrons. The molecule has 4 aliphatic rings. The number of hydrogen-bond donors (Lipinski definition) is 0. The van der Waals surface area contributed by atoms with E-state index in [9.17, 15) is 9.59 Å². The Morgan fingerprint density at radius 1 is 1.08 bits per heavy atom. The number of ketones is 2. The van der Waals surface area contributed by atoms with Crippen LogP contribution in [-0.4, -0.2) is 11.6 Å². The van der Waals surface area contributed by atoms with Gasteiger partial charge in [-0.15, -0.1) is 0 Å². The summed E-state index contributed by atoms with van der Waals surface area (Å²) < 4.78 is 0. The van der Waals surface area contributed by atoms with Gasteiger partial charge >= 0.3 is 0 Å². The zero-order chi connectivity index (χ0) is 17.9. The summed E-state index contributed by atoms with van der Waals surface area (Å²) in [7, 11) is 0. The maximum atomic E-state index is 13.3. The summed E-state index contributed by atoms with van der Waals surface area (Å²) in [6.45, 7) is 2.42. The van der Waals surface area contributed by atoms with Crippen molar-refractivity contribution >= 4 is 11.6 Å². The molecule has 0 heterocycles. The van der Waals surface area contributed by atoms with Crippen LogP contribution in [0.15, 0.2) is 53.1 Å². The Morgan fingerprint density at radius 2 is 1.88 bits per heavy atom. The lowest BCUT2D eigenvalue weighted by Crippen LogP contribution is -2.44. The third kappa shape index (κ3) is 2.31. The van der Waals surface area contributed by atoms with E-state index in [1.165, 1.54) is 36.0 Å². The highest BCUT2D eigenvalue weighted by Gasteiger charge is 2.54. The molecule has 0 saturated heterocycles. The van der Waals surface area contributed by atoms with Crippen molar-refractivity contribution in [2.45, 2.75) is 57.8 Å². The van der Waals surface area contributed by atoms with Crippen molar-refractivity contribution in [3.63, 3.8) is 0 Å². The lowest BCUT2D eigenvalue weighted by atomic mass is 9.53. The fourth-order valence-electron chi connectivity index (χ4n) is 6.42. The van der Waals surface area contributed by atoms with E-state index in [1.54, 1.807) is 6.08 Å². The normalized spacial score (nSPS) is 36.3. The molecule has 0 amide bonds. The molecule has 2 saturated carbocycles. The standard InChI is InChI=1S/C24H26O2/c1-24-11-5-8-20(24)23-21(26)13-16-12-17(25)9-10-18(16)22(23)19(14-24)15-6-3-2-4-7-15/h2-4,6-7,12,19-20,23H,5,8-11,13-14H2,1H3/t19-,20?,23?,24+/m1/s1. The van der Waals surface area contributed by atoms with E-state index in [4.69, 9.17) is 0 Å². The predicted molar refractivity (Wildman–Crippen MR) is 102 cm³/mol. The fourth-order valence-corrected chi connectivity index (χ4v) is 6.42. The molecule has 134 valence electrons. The molecule has 26 heavy (non-hydrogen) atoms. The monoisotopic (exact) mass is 346 g/mol. The van der Waals surface area contributed by atoms with Gasteiger partial charge in [-0.25, -0.2) is 0 Å². The van der Waals surface area contributed by atoms with Gasteiger partial charge in [0.15, 0.2) is 5.78 Å². The van der Waals surface area contributed by atoms with Gasteiger partial charge < -0.3 is 0 Å². The summed E-state index contributed by atoms with van der Waals surface area (Å²) in [5.41, 5.74) is 5.39. The number of benzene rings is 1. The molecule has 0 N–H and O–H groups in total. The summed E-state index contributed by atoms with van der Waals surface area (Å²) in [4.78, 5) is 25.2. The van der Waals surface area contributed by atoms with E-state index in [1.807, 2.05) is 0 Å². The number of fused-ring (bicyclic) bond motifs is 4. The van der Waals surface area contributed by atoms with Crippen molar-refractivity contribution in [2.75, 3.05) is 0 Å². The Morgan fingerprint density at radius 3 is 2.69 bits per heavy atom. The van der Waals surface area contributed by atoms with Crippen molar-refractivity contribution in [3.05, 3.63) is 58.7 Å². The molecule has 0 aromatic heterocycles. The first-order chi connectivity index (χ1) is 12.6. The summed E-state index contributed by atoms with van der Waals surface area (Å²) in [6.07, 6.45) is 8.50. The molecule has 0 aliphatic heterocycles. The second kappa shape index (κ2) is 5.77. The number of hydrogen-bond acceptors (Lipinski definition) is 2. The van der Waals surface area contributed by atoms with Gasteiger partial charge in [-0.2, -0.15) is 0 Å². The van der Waals surface area contributed by atoms with Gasteiger partial charge in [-0.3, -0.25) is 9.59 Å². The van der Waals surface area contributed by atoms with Gasteiger partial charge in [0.05, 0.1) is 0 Å². The van der Waals surface area contributed by atoms with Gasteiger partial charge in [0.25, 0.3) is 0 Å². The van der Waals surface area contributed by atoms with Crippen molar-refractivity contribution in [1.82, 2.24) is 0 Å². The Bertz CT molecular complexity index is 844. The summed E-state index contributed by atoms with van der Waals surface area (Å²) in [6, 6.07) is 10.8. The maximum Gasteiger partial charge on any atom is 0.156 e. The van der Waals surface area contributed by atoms with Crippen molar-refractivity contribution < 1.29 is 9.59 Å². The van der Waals surface area contributed by atoms with Crippen LogP contribution < -0.4 is 0 Å². The quantitative estimate of drug-likeness (QED) is 0.704. The van der Waals surface area contributed by atoms with Gasteiger partial charge in [-0.1, -0.05) is 43.7 Å². The van der Waals surface area contributed by atoms with Crippen LogP contribution in [0.5, 0.6) is 0 Å².